The lowest BCUT2D eigenvalue weighted by Gasteiger charge is -2.24. The first-order valence-electron chi connectivity index (χ1n) is 14.1. The number of rotatable bonds is 2. The molecule has 0 atom stereocenters. The first kappa shape index (κ1) is 23.7. The van der Waals surface area contributed by atoms with Crippen molar-refractivity contribution in [3.63, 3.8) is 0 Å². The fourth-order valence-electron chi connectivity index (χ4n) is 7.18. The Balaban J connectivity index is 1.43. The molecule has 7 aromatic rings. The Morgan fingerprint density at radius 3 is 1.73 bits per heavy atom. The van der Waals surface area contributed by atoms with Crippen LogP contribution >= 0.6 is 11.3 Å². The van der Waals surface area contributed by atoms with Crippen LogP contribution in [0.4, 0.5) is 0 Å². The van der Waals surface area contributed by atoms with E-state index in [2.05, 4.69) is 137 Å². The average Bonchev–Trinajstić information content (AvgIpc) is 3.49. The van der Waals surface area contributed by atoms with Crippen LogP contribution in [-0.2, 0) is 5.41 Å². The van der Waals surface area contributed by atoms with Gasteiger partial charge in [-0.1, -0.05) is 117 Å². The molecule has 0 saturated heterocycles. The number of thiophene rings is 1. The highest BCUT2D eigenvalue weighted by atomic mass is 32.1. The van der Waals surface area contributed by atoms with Crippen molar-refractivity contribution in [1.82, 2.24) is 0 Å². The Labute approximate surface area is 239 Å². The van der Waals surface area contributed by atoms with Gasteiger partial charge in [0.1, 0.15) is 0 Å². The molecule has 1 heteroatoms. The summed E-state index contributed by atoms with van der Waals surface area (Å²) in [6.07, 6.45) is 0. The van der Waals surface area contributed by atoms with Gasteiger partial charge in [0.05, 0.1) is 0 Å². The van der Waals surface area contributed by atoms with Gasteiger partial charge < -0.3 is 0 Å². The smallest absolute Gasteiger partial charge is 0.0399 e. The summed E-state index contributed by atoms with van der Waals surface area (Å²) in [5.74, 6) is 0. The molecule has 0 radical (unpaired) electrons. The molecule has 40 heavy (non-hydrogen) atoms. The molecule has 1 aliphatic carbocycles. The van der Waals surface area contributed by atoms with Crippen molar-refractivity contribution in [2.45, 2.75) is 33.1 Å². The minimum Gasteiger partial charge on any atom is -0.135 e. The fourth-order valence-corrected chi connectivity index (χ4v) is 8.73. The maximum atomic E-state index is 2.50. The number of hydrogen-bond acceptors (Lipinski definition) is 1. The van der Waals surface area contributed by atoms with Crippen molar-refractivity contribution in [1.29, 1.82) is 0 Å². The molecule has 0 unspecified atom stereocenters. The zero-order valence-corrected chi connectivity index (χ0v) is 24.1. The van der Waals surface area contributed by atoms with Crippen LogP contribution in [0.1, 0.15) is 36.1 Å². The van der Waals surface area contributed by atoms with Crippen LogP contribution in [0, 0.1) is 13.8 Å². The predicted octanol–water partition coefficient (Wildman–Crippen LogP) is 11.5. The van der Waals surface area contributed by atoms with Gasteiger partial charge in [-0.15, -0.1) is 11.3 Å². The molecule has 192 valence electrons. The van der Waals surface area contributed by atoms with Gasteiger partial charge in [-0.2, -0.15) is 0 Å². The van der Waals surface area contributed by atoms with Crippen LogP contribution in [0.15, 0.2) is 109 Å². The molecular weight excluding hydrogens is 500 g/mol. The highest BCUT2D eigenvalue weighted by molar-refractivity contribution is 7.22. The van der Waals surface area contributed by atoms with Gasteiger partial charge in [0, 0.05) is 20.4 Å². The van der Waals surface area contributed by atoms with E-state index in [1.165, 1.54) is 86.6 Å². The van der Waals surface area contributed by atoms with Crippen LogP contribution in [0.2, 0.25) is 0 Å². The molecule has 0 N–H and O–H groups in total. The van der Waals surface area contributed by atoms with E-state index in [9.17, 15) is 0 Å². The summed E-state index contributed by atoms with van der Waals surface area (Å²) >= 11 is 1.98. The number of aryl methyl sites for hydroxylation is 2. The lowest BCUT2D eigenvalue weighted by Crippen LogP contribution is -2.15. The number of benzene rings is 6. The van der Waals surface area contributed by atoms with E-state index in [0.29, 0.717) is 0 Å². The van der Waals surface area contributed by atoms with Gasteiger partial charge >= 0.3 is 0 Å². The minimum atomic E-state index is -0.0624. The zero-order valence-electron chi connectivity index (χ0n) is 23.3. The molecule has 0 aliphatic heterocycles. The van der Waals surface area contributed by atoms with Crippen molar-refractivity contribution in [3.8, 4) is 32.7 Å². The Morgan fingerprint density at radius 1 is 0.550 bits per heavy atom. The summed E-state index contributed by atoms with van der Waals surface area (Å²) in [5.41, 5.74) is 12.3. The lowest BCUT2D eigenvalue weighted by atomic mass is 9.79. The quantitative estimate of drug-likeness (QED) is 0.195. The molecule has 1 aliphatic rings. The lowest BCUT2D eigenvalue weighted by molar-refractivity contribution is 0.667. The van der Waals surface area contributed by atoms with E-state index in [-0.39, 0.29) is 5.41 Å². The molecule has 0 spiro atoms. The molecule has 1 heterocycles. The third-order valence-electron chi connectivity index (χ3n) is 9.09. The van der Waals surface area contributed by atoms with Gasteiger partial charge in [0.25, 0.3) is 0 Å². The summed E-state index contributed by atoms with van der Waals surface area (Å²) in [4.78, 5) is 1.45. The first-order chi connectivity index (χ1) is 19.4. The largest absolute Gasteiger partial charge is 0.135 e. The Bertz CT molecular complexity index is 2080. The molecular formula is C39H30S. The molecule has 6 aromatic carbocycles. The SMILES string of the molecule is Cc1ccc(C)c2c3c(sc12)-c1ccc(-c2c4ccccc4c(-c4ccccc4)c4ccccc24)cc1C3(C)C. The van der Waals surface area contributed by atoms with E-state index in [1.54, 1.807) is 0 Å². The monoisotopic (exact) mass is 530 g/mol. The molecule has 0 saturated carbocycles. The highest BCUT2D eigenvalue weighted by Crippen LogP contribution is 2.57. The van der Waals surface area contributed by atoms with E-state index in [0.717, 1.165) is 0 Å². The second kappa shape index (κ2) is 8.40. The standard InChI is InChI=1S/C39H30S/c1-23-18-19-24(2)37-33(23)36-38(40-37)31-21-20-26(22-32(31)39(36,3)4)35-29-16-10-8-14-27(29)34(25-12-6-5-7-13-25)28-15-9-11-17-30(28)35/h5-22H,1-4H3. The Morgan fingerprint density at radius 2 is 1.10 bits per heavy atom. The molecule has 0 nitrogen and oxygen atoms in total. The maximum absolute atomic E-state index is 2.50. The summed E-state index contributed by atoms with van der Waals surface area (Å²) in [7, 11) is 0. The van der Waals surface area contributed by atoms with Crippen molar-refractivity contribution < 1.29 is 0 Å². The van der Waals surface area contributed by atoms with Gasteiger partial charge in [-0.3, -0.25) is 0 Å². The summed E-state index contributed by atoms with van der Waals surface area (Å²) in [6.45, 7) is 9.36. The van der Waals surface area contributed by atoms with Crippen LogP contribution in [-0.4, -0.2) is 0 Å². The minimum absolute atomic E-state index is 0.0624. The Kier molecular flexibility index (Phi) is 4.97. The topological polar surface area (TPSA) is 0 Å². The van der Waals surface area contributed by atoms with Crippen molar-refractivity contribution in [2.75, 3.05) is 0 Å². The predicted molar refractivity (Wildman–Crippen MR) is 175 cm³/mol. The molecule has 8 rings (SSSR count). The maximum Gasteiger partial charge on any atom is 0.0399 e. The Hall–Kier alpha value is -4.20. The van der Waals surface area contributed by atoms with Gasteiger partial charge in [0.15, 0.2) is 0 Å². The molecule has 0 amide bonds. The van der Waals surface area contributed by atoms with Crippen molar-refractivity contribution in [2.24, 2.45) is 0 Å². The van der Waals surface area contributed by atoms with Crippen LogP contribution in [0.25, 0.3) is 64.3 Å². The van der Waals surface area contributed by atoms with E-state index >= 15 is 0 Å². The second-order valence-electron chi connectivity index (χ2n) is 11.8. The van der Waals surface area contributed by atoms with Gasteiger partial charge in [-0.25, -0.2) is 0 Å². The van der Waals surface area contributed by atoms with Crippen molar-refractivity contribution in [3.05, 3.63) is 131 Å². The normalized spacial score (nSPS) is 13.7. The average molecular weight is 531 g/mol. The molecule has 0 fully saturated rings. The summed E-state index contributed by atoms with van der Waals surface area (Å²) < 4.78 is 1.45. The van der Waals surface area contributed by atoms with Gasteiger partial charge in [0.2, 0.25) is 0 Å². The molecule has 0 bridgehead atoms. The zero-order chi connectivity index (χ0) is 27.2. The van der Waals surface area contributed by atoms with E-state index in [1.807, 2.05) is 11.3 Å². The summed E-state index contributed by atoms with van der Waals surface area (Å²) in [6, 6.07) is 40.6. The van der Waals surface area contributed by atoms with Crippen LogP contribution in [0.5, 0.6) is 0 Å². The van der Waals surface area contributed by atoms with Crippen LogP contribution < -0.4 is 0 Å². The number of fused-ring (bicyclic) bond motifs is 7. The van der Waals surface area contributed by atoms with E-state index < -0.39 is 0 Å². The van der Waals surface area contributed by atoms with Crippen molar-refractivity contribution >= 4 is 43.0 Å². The number of hydrogen-bond donors (Lipinski definition) is 0. The van der Waals surface area contributed by atoms with E-state index in [4.69, 9.17) is 0 Å². The third-order valence-corrected chi connectivity index (χ3v) is 10.4. The highest BCUT2D eigenvalue weighted by Gasteiger charge is 2.39. The molecule has 1 aromatic heterocycles. The first-order valence-corrected chi connectivity index (χ1v) is 14.9. The van der Waals surface area contributed by atoms with Gasteiger partial charge in [-0.05, 0) is 91.5 Å². The summed E-state index contributed by atoms with van der Waals surface area (Å²) in [5, 5.41) is 6.69. The second-order valence-corrected chi connectivity index (χ2v) is 12.8. The third kappa shape index (κ3) is 3.13. The van der Waals surface area contributed by atoms with Crippen LogP contribution in [0.3, 0.4) is 0 Å². The fraction of sp³-hybridized carbons (Fsp3) is 0.128.